The summed E-state index contributed by atoms with van der Waals surface area (Å²) in [5, 5.41) is 3.36. The summed E-state index contributed by atoms with van der Waals surface area (Å²) in [6, 6.07) is 4.83. The number of sulfonamides is 1. The molecule has 1 aliphatic heterocycles. The van der Waals surface area contributed by atoms with Crippen molar-refractivity contribution >= 4 is 38.1 Å². The van der Waals surface area contributed by atoms with E-state index in [1.807, 2.05) is 18.9 Å². The van der Waals surface area contributed by atoms with Gasteiger partial charge in [0.15, 0.2) is 5.13 Å². The lowest BCUT2D eigenvalue weighted by Crippen LogP contribution is -2.40. The van der Waals surface area contributed by atoms with Gasteiger partial charge in [0, 0.05) is 43.4 Å². The van der Waals surface area contributed by atoms with Crippen molar-refractivity contribution < 1.29 is 17.9 Å². The number of hydrogen-bond donors (Lipinski definition) is 1. The van der Waals surface area contributed by atoms with Crippen molar-refractivity contribution in [3.63, 3.8) is 0 Å². The van der Waals surface area contributed by atoms with Crippen LogP contribution in [-0.4, -0.2) is 63.5 Å². The number of hydrogen-bond acceptors (Lipinski definition) is 7. The number of morpholine rings is 1. The number of thiazole rings is 1. The van der Waals surface area contributed by atoms with E-state index in [1.54, 1.807) is 18.3 Å². The van der Waals surface area contributed by atoms with Crippen molar-refractivity contribution in [3.05, 3.63) is 34.8 Å². The molecule has 31 heavy (non-hydrogen) atoms. The second kappa shape index (κ2) is 9.23. The molecule has 0 bridgehead atoms. The highest BCUT2D eigenvalue weighted by Crippen LogP contribution is 2.33. The summed E-state index contributed by atoms with van der Waals surface area (Å²) in [4.78, 5) is 20.7. The van der Waals surface area contributed by atoms with Crippen LogP contribution >= 0.6 is 11.3 Å². The average Bonchev–Trinajstić information content (AvgIpc) is 3.48. The van der Waals surface area contributed by atoms with Gasteiger partial charge in [-0.05, 0) is 43.4 Å². The fraction of sp³-hybridized carbons (Fsp3) is 0.524. The van der Waals surface area contributed by atoms with E-state index < -0.39 is 10.0 Å². The standard InChI is InChI=1S/C21H28N4O4S2/c1-3-16-13-22-21(30-16)23-20(26)18-12-17(31(27,28)25-8-10-29-11-9-25)6-7-19(18)24(2)14-15-4-5-15/h6-7,12-13,15H,3-5,8-11,14H2,1-2H3,(H,22,23,26). The van der Waals surface area contributed by atoms with Gasteiger partial charge in [0.05, 0.1) is 23.7 Å². The summed E-state index contributed by atoms with van der Waals surface area (Å²) in [5.74, 6) is 0.275. The number of nitrogens with zero attached hydrogens (tertiary/aromatic N) is 3. The first-order chi connectivity index (χ1) is 14.9. The molecule has 2 aliphatic rings. The first-order valence-electron chi connectivity index (χ1n) is 10.6. The zero-order valence-corrected chi connectivity index (χ0v) is 19.5. The Morgan fingerprint density at radius 2 is 2.06 bits per heavy atom. The van der Waals surface area contributed by atoms with Crippen molar-refractivity contribution in [2.75, 3.05) is 50.1 Å². The third-order valence-corrected chi connectivity index (χ3v) is 8.53. The van der Waals surface area contributed by atoms with E-state index in [0.717, 1.165) is 23.5 Å². The molecule has 2 aromatic rings. The van der Waals surface area contributed by atoms with Gasteiger partial charge in [0.2, 0.25) is 10.0 Å². The summed E-state index contributed by atoms with van der Waals surface area (Å²) in [5.41, 5.74) is 1.06. The molecule has 10 heteroatoms. The Morgan fingerprint density at radius 3 is 2.71 bits per heavy atom. The molecular weight excluding hydrogens is 436 g/mol. The number of nitrogens with one attached hydrogen (secondary N) is 1. The predicted molar refractivity (Wildman–Crippen MR) is 121 cm³/mol. The largest absolute Gasteiger partial charge is 0.379 e. The number of ether oxygens (including phenoxy) is 1. The minimum absolute atomic E-state index is 0.122. The van der Waals surface area contributed by atoms with Crippen molar-refractivity contribution in [3.8, 4) is 0 Å². The monoisotopic (exact) mass is 464 g/mol. The van der Waals surface area contributed by atoms with Gasteiger partial charge >= 0.3 is 0 Å². The molecule has 1 N–H and O–H groups in total. The Labute approximate surface area is 187 Å². The molecule has 2 heterocycles. The molecular formula is C21H28N4O4S2. The first-order valence-corrected chi connectivity index (χ1v) is 12.8. The predicted octanol–water partition coefficient (Wildman–Crippen LogP) is 2.82. The van der Waals surface area contributed by atoms with Crippen molar-refractivity contribution in [2.24, 2.45) is 5.92 Å². The molecule has 4 rings (SSSR count). The van der Waals surface area contributed by atoms with Crippen LogP contribution in [0.1, 0.15) is 35.0 Å². The number of benzene rings is 1. The number of aromatic nitrogens is 1. The Balaban J connectivity index is 1.66. The van der Waals surface area contributed by atoms with Crippen molar-refractivity contribution in [1.29, 1.82) is 0 Å². The molecule has 0 radical (unpaired) electrons. The molecule has 1 amide bonds. The third kappa shape index (κ3) is 5.08. The number of anilines is 2. The average molecular weight is 465 g/mol. The zero-order valence-electron chi connectivity index (χ0n) is 17.8. The maximum atomic E-state index is 13.2. The van der Waals surface area contributed by atoms with Crippen LogP contribution in [0, 0.1) is 5.92 Å². The van der Waals surface area contributed by atoms with Gasteiger partial charge in [0.1, 0.15) is 0 Å². The van der Waals surface area contributed by atoms with Crippen LogP contribution < -0.4 is 10.2 Å². The van der Waals surface area contributed by atoms with Gasteiger partial charge in [-0.3, -0.25) is 10.1 Å². The van der Waals surface area contributed by atoms with Crippen LogP contribution in [-0.2, 0) is 21.2 Å². The number of aryl methyl sites for hydroxylation is 1. The van der Waals surface area contributed by atoms with Crippen molar-refractivity contribution in [1.82, 2.24) is 9.29 Å². The van der Waals surface area contributed by atoms with Crippen LogP contribution in [0.25, 0.3) is 0 Å². The Hall–Kier alpha value is -2.01. The SMILES string of the molecule is CCc1cnc(NC(=O)c2cc(S(=O)(=O)N3CCOCC3)ccc2N(C)CC2CC2)s1. The number of carbonyl (C=O) groups is 1. The van der Waals surface area contributed by atoms with Gasteiger partial charge in [0.25, 0.3) is 5.91 Å². The van der Waals surface area contributed by atoms with E-state index in [-0.39, 0.29) is 10.8 Å². The quantitative estimate of drug-likeness (QED) is 0.646. The van der Waals surface area contributed by atoms with Gasteiger partial charge in [-0.2, -0.15) is 4.31 Å². The molecule has 8 nitrogen and oxygen atoms in total. The second-order valence-electron chi connectivity index (χ2n) is 7.96. The molecule has 1 aromatic heterocycles. The number of carbonyl (C=O) groups excluding carboxylic acids is 1. The van der Waals surface area contributed by atoms with E-state index in [0.29, 0.717) is 42.9 Å². The summed E-state index contributed by atoms with van der Waals surface area (Å²) in [7, 11) is -1.76. The molecule has 1 saturated carbocycles. The van der Waals surface area contributed by atoms with Gasteiger partial charge < -0.3 is 9.64 Å². The lowest BCUT2D eigenvalue weighted by atomic mass is 10.1. The molecule has 1 aliphatic carbocycles. The van der Waals surface area contributed by atoms with Crippen LogP contribution in [0.5, 0.6) is 0 Å². The number of amides is 1. The van der Waals surface area contributed by atoms with Crippen LogP contribution in [0.2, 0.25) is 0 Å². The highest BCUT2D eigenvalue weighted by Gasteiger charge is 2.29. The highest BCUT2D eigenvalue weighted by atomic mass is 32.2. The fourth-order valence-electron chi connectivity index (χ4n) is 3.61. The molecule has 1 aromatic carbocycles. The topological polar surface area (TPSA) is 91.8 Å². The van der Waals surface area contributed by atoms with Crippen molar-refractivity contribution in [2.45, 2.75) is 31.1 Å². The zero-order chi connectivity index (χ0) is 22.0. The Kier molecular flexibility index (Phi) is 6.61. The fourth-order valence-corrected chi connectivity index (χ4v) is 5.79. The minimum atomic E-state index is -3.70. The normalized spacial score (nSPS) is 17.5. The van der Waals surface area contributed by atoms with E-state index in [1.165, 1.54) is 34.6 Å². The summed E-state index contributed by atoms with van der Waals surface area (Å²) >= 11 is 1.43. The minimum Gasteiger partial charge on any atom is -0.379 e. The van der Waals surface area contributed by atoms with Gasteiger partial charge in [-0.25, -0.2) is 13.4 Å². The smallest absolute Gasteiger partial charge is 0.259 e. The van der Waals surface area contributed by atoms with E-state index >= 15 is 0 Å². The molecule has 2 fully saturated rings. The van der Waals surface area contributed by atoms with Gasteiger partial charge in [-0.15, -0.1) is 11.3 Å². The first kappa shape index (κ1) is 22.2. The van der Waals surface area contributed by atoms with Crippen LogP contribution in [0.15, 0.2) is 29.3 Å². The summed E-state index contributed by atoms with van der Waals surface area (Å²) in [6.45, 7) is 4.24. The Bertz CT molecular complexity index is 1040. The summed E-state index contributed by atoms with van der Waals surface area (Å²) in [6.07, 6.45) is 4.97. The molecule has 1 saturated heterocycles. The second-order valence-corrected chi connectivity index (χ2v) is 11.0. The molecule has 0 unspecified atom stereocenters. The van der Waals surface area contributed by atoms with Crippen LogP contribution in [0.4, 0.5) is 10.8 Å². The highest BCUT2D eigenvalue weighted by molar-refractivity contribution is 7.89. The lowest BCUT2D eigenvalue weighted by Gasteiger charge is -2.27. The van der Waals surface area contributed by atoms with E-state index in [9.17, 15) is 13.2 Å². The maximum absolute atomic E-state index is 13.2. The third-order valence-electron chi connectivity index (χ3n) is 5.58. The molecule has 0 spiro atoms. The number of rotatable bonds is 8. The summed E-state index contributed by atoms with van der Waals surface area (Å²) < 4.78 is 33.0. The lowest BCUT2D eigenvalue weighted by molar-refractivity contribution is 0.0730. The Morgan fingerprint density at radius 1 is 1.32 bits per heavy atom. The molecule has 0 atom stereocenters. The van der Waals surface area contributed by atoms with Crippen LogP contribution in [0.3, 0.4) is 0 Å². The maximum Gasteiger partial charge on any atom is 0.259 e. The molecule has 168 valence electrons. The van der Waals surface area contributed by atoms with E-state index in [2.05, 4.69) is 10.3 Å². The van der Waals surface area contributed by atoms with E-state index in [4.69, 9.17) is 4.74 Å². The van der Waals surface area contributed by atoms with Gasteiger partial charge in [-0.1, -0.05) is 6.92 Å².